The van der Waals surface area contributed by atoms with Gasteiger partial charge in [-0.3, -0.25) is 0 Å². The van der Waals surface area contributed by atoms with Crippen LogP contribution in [0.5, 0.6) is 0 Å². The highest BCUT2D eigenvalue weighted by Crippen LogP contribution is 2.47. The van der Waals surface area contributed by atoms with E-state index in [9.17, 15) is 9.79 Å². The third-order valence-corrected chi connectivity index (χ3v) is 11.0. The minimum atomic E-state index is -4.16. The van der Waals surface area contributed by atoms with Gasteiger partial charge < -0.3 is 14.4 Å². The zero-order valence-electron chi connectivity index (χ0n) is 32.1. The highest BCUT2D eigenvalue weighted by molar-refractivity contribution is 7.52. The van der Waals surface area contributed by atoms with E-state index in [1.54, 1.807) is 11.3 Å². The molecule has 1 rings (SSSR count). The second kappa shape index (κ2) is 36.2. The molecule has 0 spiro atoms. The lowest BCUT2D eigenvalue weighted by Crippen LogP contribution is -2.34. The van der Waals surface area contributed by atoms with Gasteiger partial charge in [0.05, 0.1) is 12.0 Å². The Labute approximate surface area is 307 Å². The lowest BCUT2D eigenvalue weighted by atomic mass is 10.0. The zero-order valence-corrected chi connectivity index (χ0v) is 33.9. The van der Waals surface area contributed by atoms with E-state index in [0.717, 1.165) is 19.3 Å². The summed E-state index contributed by atoms with van der Waals surface area (Å²) in [7, 11) is -4.16. The van der Waals surface area contributed by atoms with Crippen LogP contribution in [0.4, 0.5) is 0 Å². The van der Waals surface area contributed by atoms with Gasteiger partial charge in [0.25, 0.3) is 0 Å². The normalized spacial score (nSPS) is 13.6. The molecule has 0 saturated carbocycles. The second-order valence-corrected chi connectivity index (χ2v) is 16.3. The highest BCUT2D eigenvalue weighted by atomic mass is 32.1. The van der Waals surface area contributed by atoms with Crippen LogP contribution in [0.25, 0.3) is 0 Å². The molecule has 0 amide bonds. The van der Waals surface area contributed by atoms with E-state index < -0.39 is 8.17 Å². The first-order chi connectivity index (χ1) is 24.1. The minimum Gasteiger partial charge on any atom is -0.606 e. The summed E-state index contributed by atoms with van der Waals surface area (Å²) >= 11 is 1.57. The van der Waals surface area contributed by atoms with E-state index in [4.69, 9.17) is 18.5 Å². The quantitative estimate of drug-likeness (QED) is 0.0411. The molecule has 290 valence electrons. The molecule has 9 heteroatoms. The van der Waals surface area contributed by atoms with Crippen LogP contribution in [-0.2, 0) is 25.1 Å². The van der Waals surface area contributed by atoms with Crippen LogP contribution in [-0.4, -0.2) is 44.0 Å². The van der Waals surface area contributed by atoms with Crippen molar-refractivity contribution in [1.29, 1.82) is 0 Å². The highest BCUT2D eigenvalue weighted by Gasteiger charge is 2.30. The van der Waals surface area contributed by atoms with E-state index in [-0.39, 0.29) is 19.3 Å². The molecule has 2 atom stereocenters. The number of thiazole rings is 1. The van der Waals surface area contributed by atoms with Crippen molar-refractivity contribution in [3.8, 4) is 0 Å². The van der Waals surface area contributed by atoms with E-state index in [1.807, 2.05) is 21.7 Å². The van der Waals surface area contributed by atoms with Crippen LogP contribution in [0.15, 0.2) is 17.1 Å². The van der Waals surface area contributed by atoms with Crippen LogP contribution in [0.1, 0.15) is 194 Å². The predicted octanol–water partition coefficient (Wildman–Crippen LogP) is 11.5. The van der Waals surface area contributed by atoms with Gasteiger partial charge in [-0.15, -0.1) is 0 Å². The number of hydrogen-bond donors (Lipinski definition) is 1. The van der Waals surface area contributed by atoms with Crippen molar-refractivity contribution in [1.82, 2.24) is 0 Å². The molecule has 0 radical (unpaired) electrons. The first-order valence-electron chi connectivity index (χ1n) is 20.8. The number of ether oxygens (including phenoxy) is 2. The molecule has 0 fully saturated rings. The Balaban J connectivity index is 2.15. The first-order valence-corrected chi connectivity index (χ1v) is 23.2. The molecule has 7 nitrogen and oxygen atoms in total. The Kier molecular flexibility index (Phi) is 34.6. The SMILES string of the molecule is CCCCCCCCCCCCCCCCOC[C@H](CO[P+]([O-])(O)OCC[n+]1ccsc1)OCCCCCCCCCCCCCCCC. The molecule has 0 aliphatic rings. The second-order valence-electron chi connectivity index (χ2n) is 14.1. The number of unbranched alkanes of at least 4 members (excludes halogenated alkanes) is 26. The van der Waals surface area contributed by atoms with Crippen LogP contribution in [0.2, 0.25) is 0 Å². The number of phosphoric acid groups is 1. The van der Waals surface area contributed by atoms with Gasteiger partial charge in [-0.05, 0) is 12.8 Å². The third-order valence-electron chi connectivity index (χ3n) is 9.35. The Hall–Kier alpha value is -0.180. The summed E-state index contributed by atoms with van der Waals surface area (Å²) in [5, 5.41) is 1.95. The van der Waals surface area contributed by atoms with Crippen molar-refractivity contribution in [2.45, 2.75) is 206 Å². The molecular formula is C40H79NO6PS+. The summed E-state index contributed by atoms with van der Waals surface area (Å²) in [6, 6.07) is 0. The molecule has 49 heavy (non-hydrogen) atoms. The largest absolute Gasteiger partial charge is 0.606 e. The Morgan fingerprint density at radius 3 is 1.43 bits per heavy atom. The van der Waals surface area contributed by atoms with Crippen molar-refractivity contribution in [3.05, 3.63) is 17.1 Å². The molecule has 0 saturated heterocycles. The number of phosphoric ester groups is 1. The smallest absolute Gasteiger partial charge is 0.377 e. The number of aromatic nitrogens is 1. The summed E-state index contributed by atoms with van der Waals surface area (Å²) in [5.41, 5.74) is 1.93. The summed E-state index contributed by atoms with van der Waals surface area (Å²) < 4.78 is 24.5. The molecule has 1 unspecified atom stereocenters. The van der Waals surface area contributed by atoms with Gasteiger partial charge in [0.15, 0.2) is 19.3 Å². The predicted molar refractivity (Wildman–Crippen MR) is 207 cm³/mol. The van der Waals surface area contributed by atoms with Crippen molar-refractivity contribution in [2.75, 3.05) is 33.0 Å². The number of rotatable bonds is 40. The molecule has 0 aliphatic carbocycles. The Morgan fingerprint density at radius 1 is 0.571 bits per heavy atom. The number of nitrogens with zero attached hydrogens (tertiary/aromatic N) is 1. The maximum Gasteiger partial charge on any atom is 0.377 e. The Bertz CT molecular complexity index is 772. The molecule has 0 aliphatic heterocycles. The van der Waals surface area contributed by atoms with E-state index >= 15 is 0 Å². The summed E-state index contributed by atoms with van der Waals surface area (Å²) in [6.07, 6.45) is 38.7. The van der Waals surface area contributed by atoms with Crippen LogP contribution < -0.4 is 9.46 Å². The summed E-state index contributed by atoms with van der Waals surface area (Å²) in [4.78, 5) is 22.7. The minimum absolute atomic E-state index is 0.0171. The molecule has 1 aromatic rings. The molecule has 0 aromatic carbocycles. The summed E-state index contributed by atoms with van der Waals surface area (Å²) in [5.74, 6) is 0. The van der Waals surface area contributed by atoms with Gasteiger partial charge in [0.1, 0.15) is 12.7 Å². The Morgan fingerprint density at radius 2 is 1.00 bits per heavy atom. The molecule has 0 bridgehead atoms. The molecular weight excluding hydrogens is 653 g/mol. The maximum absolute atomic E-state index is 12.5. The molecule has 1 aromatic heterocycles. The zero-order chi connectivity index (χ0) is 35.4. The number of hydrogen-bond acceptors (Lipinski definition) is 7. The van der Waals surface area contributed by atoms with Gasteiger partial charge in [-0.1, -0.05) is 192 Å². The standard InChI is InChI=1S/C40H78NO6PS/c1-3-5-7-9-11-13-15-17-19-21-23-25-27-29-33-44-37-40(38-47-48(42,43)46-35-31-41-32-36-49-39-41)45-34-30-28-26-24-22-20-18-16-14-12-10-8-6-4-2/h32,36,39-40H,3-31,33-35,37-38H2,1-2H3/p+1/t40-/m1/s1. The topological polar surface area (TPSA) is 84.1 Å². The van der Waals surface area contributed by atoms with Crippen molar-refractivity contribution >= 4 is 19.5 Å². The van der Waals surface area contributed by atoms with Crippen molar-refractivity contribution in [2.24, 2.45) is 0 Å². The maximum atomic E-state index is 12.5. The third kappa shape index (κ3) is 33.4. The van der Waals surface area contributed by atoms with Gasteiger partial charge in [0.2, 0.25) is 5.51 Å². The fraction of sp³-hybridized carbons (Fsp3) is 0.925. The molecule has 1 heterocycles. The van der Waals surface area contributed by atoms with Crippen LogP contribution in [0.3, 0.4) is 0 Å². The van der Waals surface area contributed by atoms with Crippen LogP contribution >= 0.6 is 19.5 Å². The summed E-state index contributed by atoms with van der Waals surface area (Å²) in [6.45, 7) is 6.80. The van der Waals surface area contributed by atoms with Gasteiger partial charge in [-0.25, -0.2) is 0 Å². The first kappa shape index (κ1) is 46.8. The van der Waals surface area contributed by atoms with E-state index in [2.05, 4.69) is 13.8 Å². The average molecular weight is 733 g/mol. The lowest BCUT2D eigenvalue weighted by molar-refractivity contribution is -0.693. The molecule has 1 N–H and O–H groups in total. The van der Waals surface area contributed by atoms with E-state index in [0.29, 0.717) is 26.4 Å². The average Bonchev–Trinajstić information content (AvgIpc) is 3.62. The van der Waals surface area contributed by atoms with Crippen molar-refractivity contribution < 1.29 is 32.9 Å². The van der Waals surface area contributed by atoms with Gasteiger partial charge in [0, 0.05) is 13.2 Å². The van der Waals surface area contributed by atoms with Crippen LogP contribution in [0, 0.1) is 0 Å². The fourth-order valence-electron chi connectivity index (χ4n) is 6.17. The van der Waals surface area contributed by atoms with Gasteiger partial charge >= 0.3 is 8.17 Å². The monoisotopic (exact) mass is 733 g/mol. The van der Waals surface area contributed by atoms with Gasteiger partial charge in [-0.2, -0.15) is 18.5 Å². The van der Waals surface area contributed by atoms with E-state index in [1.165, 1.54) is 161 Å². The fourth-order valence-corrected chi connectivity index (χ4v) is 7.54. The van der Waals surface area contributed by atoms with Crippen molar-refractivity contribution in [3.63, 3.8) is 0 Å². The lowest BCUT2D eigenvalue weighted by Gasteiger charge is -2.23.